The van der Waals surface area contributed by atoms with Gasteiger partial charge in [0.2, 0.25) is 0 Å². The minimum absolute atomic E-state index is 0.135. The van der Waals surface area contributed by atoms with Crippen LogP contribution in [0.25, 0.3) is 33.6 Å². The van der Waals surface area contributed by atoms with Crippen LogP contribution in [0.2, 0.25) is 0 Å². The number of H-pyrrole nitrogens is 2. The molecule has 0 saturated carbocycles. The number of fused-ring (bicyclic) bond motifs is 3. The van der Waals surface area contributed by atoms with Gasteiger partial charge in [0.1, 0.15) is 11.6 Å². The molecule has 2 aromatic heterocycles. The molecular weight excluding hydrogens is 544 g/mol. The quantitative estimate of drug-likeness (QED) is 0.179. The smallest absolute Gasteiger partial charge is 0.176 e. The van der Waals surface area contributed by atoms with E-state index in [2.05, 4.69) is 62.6 Å². The van der Waals surface area contributed by atoms with Crippen molar-refractivity contribution in [1.82, 2.24) is 30.2 Å². The maximum atomic E-state index is 12.9. The SMILES string of the molecule is O=C(CN1CCC[C@H]1c1ncc(-c2ccc(-c3ccc4c(c3)CCCc3[nH]c([C@@H]5CCCN5)nc3-4)cc2)[nH]1)c1ccccc1. The summed E-state index contributed by atoms with van der Waals surface area (Å²) in [7, 11) is 0. The van der Waals surface area contributed by atoms with E-state index < -0.39 is 0 Å². The van der Waals surface area contributed by atoms with Crippen LogP contribution in [0.4, 0.5) is 0 Å². The highest BCUT2D eigenvalue weighted by Gasteiger charge is 2.30. The molecule has 0 amide bonds. The fourth-order valence-electron chi connectivity index (χ4n) is 7.30. The maximum absolute atomic E-state index is 12.9. The predicted octanol–water partition coefficient (Wildman–Crippen LogP) is 7.07. The highest BCUT2D eigenvalue weighted by molar-refractivity contribution is 5.97. The topological polar surface area (TPSA) is 89.7 Å². The highest BCUT2D eigenvalue weighted by atomic mass is 16.1. The van der Waals surface area contributed by atoms with Crippen molar-refractivity contribution < 1.29 is 4.79 Å². The molecule has 7 nitrogen and oxygen atoms in total. The number of carbonyl (C=O) groups is 1. The van der Waals surface area contributed by atoms with Crippen LogP contribution >= 0.6 is 0 Å². The Morgan fingerprint density at radius 3 is 2.52 bits per heavy atom. The number of hydrogen-bond acceptors (Lipinski definition) is 5. The number of benzene rings is 3. The average molecular weight is 583 g/mol. The molecule has 0 radical (unpaired) electrons. The van der Waals surface area contributed by atoms with E-state index in [0.717, 1.165) is 85.8 Å². The number of rotatable bonds is 7. The molecule has 3 N–H and O–H groups in total. The molecule has 1 aliphatic carbocycles. The van der Waals surface area contributed by atoms with Gasteiger partial charge in [-0.1, -0.05) is 72.8 Å². The zero-order valence-electron chi connectivity index (χ0n) is 25.0. The minimum Gasteiger partial charge on any atom is -0.344 e. The number of aromatic nitrogens is 4. The monoisotopic (exact) mass is 582 g/mol. The lowest BCUT2D eigenvalue weighted by Crippen LogP contribution is -2.30. The lowest BCUT2D eigenvalue weighted by Gasteiger charge is -2.22. The van der Waals surface area contributed by atoms with Gasteiger partial charge in [-0.25, -0.2) is 9.97 Å². The van der Waals surface area contributed by atoms with Crippen LogP contribution in [0.15, 0.2) is 79.0 Å². The van der Waals surface area contributed by atoms with E-state index in [1.165, 1.54) is 34.4 Å². The molecule has 222 valence electrons. The molecule has 2 fully saturated rings. The van der Waals surface area contributed by atoms with E-state index in [-0.39, 0.29) is 11.8 Å². The van der Waals surface area contributed by atoms with Crippen molar-refractivity contribution in [2.24, 2.45) is 0 Å². The first-order valence-electron chi connectivity index (χ1n) is 16.1. The van der Waals surface area contributed by atoms with Gasteiger partial charge in [-0.05, 0) is 80.3 Å². The first-order chi connectivity index (χ1) is 21.7. The average Bonchev–Trinajstić information content (AvgIpc) is 3.88. The molecule has 0 spiro atoms. The van der Waals surface area contributed by atoms with Gasteiger partial charge in [0.15, 0.2) is 5.78 Å². The number of nitrogens with one attached hydrogen (secondary N) is 3. The van der Waals surface area contributed by atoms with E-state index in [4.69, 9.17) is 9.97 Å². The molecule has 3 aliphatic rings. The van der Waals surface area contributed by atoms with Crippen molar-refractivity contribution in [1.29, 1.82) is 0 Å². The Labute approximate surface area is 258 Å². The Morgan fingerprint density at radius 2 is 1.68 bits per heavy atom. The normalized spacial score (nSPS) is 19.9. The number of nitrogens with zero attached hydrogens (tertiary/aromatic N) is 3. The summed E-state index contributed by atoms with van der Waals surface area (Å²) in [5.74, 6) is 2.20. The van der Waals surface area contributed by atoms with Gasteiger partial charge in [0, 0.05) is 16.8 Å². The maximum Gasteiger partial charge on any atom is 0.176 e. The Bertz CT molecular complexity index is 1780. The molecule has 2 aliphatic heterocycles. The summed E-state index contributed by atoms with van der Waals surface area (Å²) in [5.41, 5.74) is 10.4. The zero-order valence-corrected chi connectivity index (χ0v) is 25.0. The van der Waals surface area contributed by atoms with Crippen molar-refractivity contribution >= 4 is 5.78 Å². The largest absolute Gasteiger partial charge is 0.344 e. The lowest BCUT2D eigenvalue weighted by molar-refractivity contribution is 0.0919. The second kappa shape index (κ2) is 11.6. The van der Waals surface area contributed by atoms with Crippen molar-refractivity contribution in [3.63, 3.8) is 0 Å². The van der Waals surface area contributed by atoms with Crippen molar-refractivity contribution in [3.8, 4) is 33.6 Å². The van der Waals surface area contributed by atoms with Crippen LogP contribution in [0.3, 0.4) is 0 Å². The number of hydrogen-bond donors (Lipinski definition) is 3. The van der Waals surface area contributed by atoms with Crippen LogP contribution in [0.5, 0.6) is 0 Å². The molecule has 7 heteroatoms. The van der Waals surface area contributed by atoms with Gasteiger partial charge in [-0.15, -0.1) is 0 Å². The fourth-order valence-corrected chi connectivity index (χ4v) is 7.30. The third-order valence-electron chi connectivity index (χ3n) is 9.67. The van der Waals surface area contributed by atoms with E-state index >= 15 is 0 Å². The van der Waals surface area contributed by atoms with E-state index in [1.54, 1.807) is 0 Å². The second-order valence-electron chi connectivity index (χ2n) is 12.5. The standard InChI is InChI=1S/C37H38N6O/c44-34(26-7-2-1-3-8-26)23-43-20-6-12-33(43)37-39-22-32(41-37)25-15-13-24(14-16-25)27-17-18-29-28(21-27)9-4-10-30-35(29)42-36(40-30)31-11-5-19-38-31/h1-3,7-8,13-18,21-22,31,33,38H,4-6,9-12,19-20,23H2,(H,39,41)(H,40,42)/t31-,33-/m0/s1. The highest BCUT2D eigenvalue weighted by Crippen LogP contribution is 2.36. The first-order valence-corrected chi connectivity index (χ1v) is 16.1. The zero-order chi connectivity index (χ0) is 29.5. The van der Waals surface area contributed by atoms with Crippen LogP contribution in [0, 0.1) is 0 Å². The Kier molecular flexibility index (Phi) is 7.20. The van der Waals surface area contributed by atoms with Gasteiger partial charge in [0.25, 0.3) is 0 Å². The third kappa shape index (κ3) is 5.20. The van der Waals surface area contributed by atoms with E-state index in [1.807, 2.05) is 36.5 Å². The molecule has 2 saturated heterocycles. The summed E-state index contributed by atoms with van der Waals surface area (Å²) in [6, 6.07) is 25.7. The third-order valence-corrected chi connectivity index (χ3v) is 9.67. The minimum atomic E-state index is 0.135. The number of carbonyl (C=O) groups excluding carboxylic acids is 1. The summed E-state index contributed by atoms with van der Waals surface area (Å²) in [5, 5.41) is 3.58. The van der Waals surface area contributed by atoms with Crippen molar-refractivity contribution in [3.05, 3.63) is 107 Å². The fraction of sp³-hybridized carbons (Fsp3) is 0.324. The van der Waals surface area contributed by atoms with E-state index in [0.29, 0.717) is 12.6 Å². The number of likely N-dealkylation sites (tertiary alicyclic amines) is 1. The van der Waals surface area contributed by atoms with Crippen LogP contribution < -0.4 is 5.32 Å². The number of aromatic amines is 2. The molecule has 5 aromatic rings. The Balaban J connectivity index is 0.986. The molecule has 8 rings (SSSR count). The molecule has 4 heterocycles. The van der Waals surface area contributed by atoms with Gasteiger partial charge in [-0.3, -0.25) is 9.69 Å². The molecule has 2 atom stereocenters. The molecule has 44 heavy (non-hydrogen) atoms. The lowest BCUT2D eigenvalue weighted by atomic mass is 9.95. The summed E-state index contributed by atoms with van der Waals surface area (Å²) < 4.78 is 0. The predicted molar refractivity (Wildman–Crippen MR) is 173 cm³/mol. The van der Waals surface area contributed by atoms with Crippen molar-refractivity contribution in [2.75, 3.05) is 19.6 Å². The van der Waals surface area contributed by atoms with E-state index in [9.17, 15) is 4.79 Å². The first kappa shape index (κ1) is 27.2. The summed E-state index contributed by atoms with van der Waals surface area (Å²) >= 11 is 0. The van der Waals surface area contributed by atoms with Crippen molar-refractivity contribution in [2.45, 2.75) is 57.0 Å². The number of aryl methyl sites for hydroxylation is 2. The second-order valence-corrected chi connectivity index (χ2v) is 12.5. The molecule has 0 unspecified atom stereocenters. The Morgan fingerprint density at radius 1 is 0.841 bits per heavy atom. The molecule has 3 aromatic carbocycles. The van der Waals surface area contributed by atoms with Gasteiger partial charge in [-0.2, -0.15) is 0 Å². The Hall–Kier alpha value is -4.33. The molecule has 0 bridgehead atoms. The van der Waals surface area contributed by atoms with Gasteiger partial charge < -0.3 is 15.3 Å². The van der Waals surface area contributed by atoms with Crippen LogP contribution in [-0.4, -0.2) is 50.3 Å². The van der Waals surface area contributed by atoms with Crippen LogP contribution in [0.1, 0.15) is 77.5 Å². The number of imidazole rings is 2. The summed E-state index contributed by atoms with van der Waals surface area (Å²) in [6.07, 6.45) is 9.61. The number of Topliss-reactive ketones (excluding diaryl/α,β-unsaturated/α-hetero) is 1. The molecular formula is C37H38N6O. The number of ketones is 1. The summed E-state index contributed by atoms with van der Waals surface area (Å²) in [4.78, 5) is 32.2. The van der Waals surface area contributed by atoms with Gasteiger partial charge >= 0.3 is 0 Å². The van der Waals surface area contributed by atoms with Gasteiger partial charge in [0.05, 0.1) is 36.2 Å². The van der Waals surface area contributed by atoms with Crippen LogP contribution in [-0.2, 0) is 12.8 Å². The summed E-state index contributed by atoms with van der Waals surface area (Å²) in [6.45, 7) is 2.41.